The van der Waals surface area contributed by atoms with Crippen LogP contribution in [-0.2, 0) is 10.1 Å². The van der Waals surface area contributed by atoms with Gasteiger partial charge in [-0.1, -0.05) is 6.07 Å². The van der Waals surface area contributed by atoms with E-state index in [2.05, 4.69) is 0 Å². The van der Waals surface area contributed by atoms with Crippen LogP contribution in [0.4, 0.5) is 0 Å². The molecule has 2 aromatic rings. The van der Waals surface area contributed by atoms with E-state index in [0.29, 0.717) is 28.2 Å². The van der Waals surface area contributed by atoms with Gasteiger partial charge in [0.25, 0.3) is 0 Å². The Labute approximate surface area is 157 Å². The summed E-state index contributed by atoms with van der Waals surface area (Å²) in [4.78, 5) is 12.7. The lowest BCUT2D eigenvalue weighted by atomic mass is 10.0. The smallest absolute Gasteiger partial charge is 0.306 e. The van der Waals surface area contributed by atoms with Gasteiger partial charge >= 0.3 is 10.1 Å². The van der Waals surface area contributed by atoms with E-state index in [9.17, 15) is 13.2 Å². The molecule has 0 spiro atoms. The minimum Gasteiger partial charge on any atom is -0.493 e. The van der Waals surface area contributed by atoms with Gasteiger partial charge < -0.3 is 18.4 Å². The Morgan fingerprint density at radius 2 is 1.74 bits per heavy atom. The first-order valence-electron chi connectivity index (χ1n) is 7.92. The van der Waals surface area contributed by atoms with Crippen LogP contribution in [0.2, 0.25) is 0 Å². The van der Waals surface area contributed by atoms with Crippen LogP contribution in [0, 0.1) is 6.92 Å². The van der Waals surface area contributed by atoms with Crippen LogP contribution in [0.5, 0.6) is 23.0 Å². The quantitative estimate of drug-likeness (QED) is 0.573. The first kappa shape index (κ1) is 18.8. The second-order valence-corrected chi connectivity index (χ2v) is 7.53. The van der Waals surface area contributed by atoms with Crippen LogP contribution in [0.1, 0.15) is 21.5 Å². The van der Waals surface area contributed by atoms with Crippen molar-refractivity contribution in [2.75, 3.05) is 20.5 Å². The number of benzene rings is 2. The van der Waals surface area contributed by atoms with Gasteiger partial charge in [0, 0.05) is 6.07 Å². The SMILES string of the molecule is COc1ccc(/C=C2\Oc3cc(OS(C)(=O)=O)cc(C)c3C2=O)cc1OC. The Kier molecular flexibility index (Phi) is 4.84. The average Bonchev–Trinajstić information content (AvgIpc) is 2.89. The number of ketones is 1. The van der Waals surface area contributed by atoms with Gasteiger partial charge in [-0.3, -0.25) is 4.79 Å². The summed E-state index contributed by atoms with van der Waals surface area (Å²) in [6, 6.07) is 8.08. The van der Waals surface area contributed by atoms with Crippen LogP contribution in [0.15, 0.2) is 36.1 Å². The van der Waals surface area contributed by atoms with E-state index in [1.54, 1.807) is 31.2 Å². The minimum absolute atomic E-state index is 0.0916. The van der Waals surface area contributed by atoms with Crippen molar-refractivity contribution < 1.29 is 31.6 Å². The zero-order chi connectivity index (χ0) is 19.8. The second-order valence-electron chi connectivity index (χ2n) is 5.95. The average molecular weight is 390 g/mol. The number of hydrogen-bond acceptors (Lipinski definition) is 7. The van der Waals surface area contributed by atoms with E-state index in [4.69, 9.17) is 18.4 Å². The third-order valence-electron chi connectivity index (χ3n) is 3.90. The number of fused-ring (bicyclic) bond motifs is 1. The Morgan fingerprint density at radius 1 is 1.04 bits per heavy atom. The number of carbonyl (C=O) groups excluding carboxylic acids is 1. The Morgan fingerprint density at radius 3 is 2.37 bits per heavy atom. The molecule has 0 saturated carbocycles. The molecule has 27 heavy (non-hydrogen) atoms. The number of rotatable bonds is 5. The Bertz CT molecular complexity index is 1050. The predicted octanol–water partition coefficient (Wildman–Crippen LogP) is 2.97. The van der Waals surface area contributed by atoms with Crippen LogP contribution in [-0.4, -0.2) is 34.7 Å². The van der Waals surface area contributed by atoms with Crippen molar-refractivity contribution >= 4 is 22.0 Å². The highest BCUT2D eigenvalue weighted by atomic mass is 32.2. The number of Topliss-reactive ketones (excluding diaryl/α,β-unsaturated/α-hetero) is 1. The van der Waals surface area contributed by atoms with Gasteiger partial charge in [0.2, 0.25) is 5.78 Å². The molecular weight excluding hydrogens is 372 g/mol. The third-order valence-corrected chi connectivity index (χ3v) is 4.39. The summed E-state index contributed by atoms with van der Waals surface area (Å²) >= 11 is 0. The lowest BCUT2D eigenvalue weighted by Gasteiger charge is -2.08. The van der Waals surface area contributed by atoms with Crippen molar-refractivity contribution in [1.29, 1.82) is 0 Å². The number of carbonyl (C=O) groups is 1. The van der Waals surface area contributed by atoms with Gasteiger partial charge in [-0.2, -0.15) is 8.42 Å². The van der Waals surface area contributed by atoms with Gasteiger partial charge in [0.15, 0.2) is 17.3 Å². The van der Waals surface area contributed by atoms with Crippen LogP contribution in [0.25, 0.3) is 6.08 Å². The summed E-state index contributed by atoms with van der Waals surface area (Å²) in [5.41, 5.74) is 1.63. The highest BCUT2D eigenvalue weighted by Gasteiger charge is 2.30. The van der Waals surface area contributed by atoms with Crippen molar-refractivity contribution in [3.05, 3.63) is 52.8 Å². The van der Waals surface area contributed by atoms with Crippen molar-refractivity contribution in [1.82, 2.24) is 0 Å². The summed E-state index contributed by atoms with van der Waals surface area (Å²) in [7, 11) is -0.623. The van der Waals surface area contributed by atoms with Crippen LogP contribution < -0.4 is 18.4 Å². The normalized spacial score (nSPS) is 14.7. The monoisotopic (exact) mass is 390 g/mol. The number of allylic oxidation sites excluding steroid dienone is 1. The fraction of sp³-hybridized carbons (Fsp3) is 0.211. The predicted molar refractivity (Wildman–Crippen MR) is 99.1 cm³/mol. The van der Waals surface area contributed by atoms with Crippen molar-refractivity contribution in [3.63, 3.8) is 0 Å². The fourth-order valence-electron chi connectivity index (χ4n) is 2.79. The summed E-state index contributed by atoms with van der Waals surface area (Å²) in [5.74, 6) is 1.27. The number of hydrogen-bond donors (Lipinski definition) is 0. The summed E-state index contributed by atoms with van der Waals surface area (Å²) in [5, 5.41) is 0. The summed E-state index contributed by atoms with van der Waals surface area (Å²) in [6.07, 6.45) is 2.53. The maximum atomic E-state index is 12.7. The van der Waals surface area contributed by atoms with E-state index in [1.807, 2.05) is 0 Å². The highest BCUT2D eigenvalue weighted by molar-refractivity contribution is 7.86. The molecule has 142 valence electrons. The first-order chi connectivity index (χ1) is 12.7. The zero-order valence-corrected chi connectivity index (χ0v) is 16.0. The molecule has 7 nitrogen and oxygen atoms in total. The molecule has 1 aliphatic heterocycles. The van der Waals surface area contributed by atoms with Gasteiger partial charge in [0.1, 0.15) is 11.5 Å². The van der Waals surface area contributed by atoms with Crippen molar-refractivity contribution in [2.24, 2.45) is 0 Å². The van der Waals surface area contributed by atoms with Crippen LogP contribution in [0.3, 0.4) is 0 Å². The molecule has 0 bridgehead atoms. The number of ether oxygens (including phenoxy) is 3. The van der Waals surface area contributed by atoms with Gasteiger partial charge in [-0.15, -0.1) is 0 Å². The molecule has 0 radical (unpaired) electrons. The minimum atomic E-state index is -3.68. The molecule has 0 aliphatic carbocycles. The standard InChI is InChI=1S/C19H18O7S/c1-11-7-13(26-27(4,21)22)10-16-18(11)19(20)17(25-16)9-12-5-6-14(23-2)15(8-12)24-3/h5-10H,1-4H3/b17-9-. The molecule has 8 heteroatoms. The summed E-state index contributed by atoms with van der Waals surface area (Å²) < 4.78 is 43.7. The maximum Gasteiger partial charge on any atom is 0.306 e. The maximum absolute atomic E-state index is 12.7. The van der Waals surface area contributed by atoms with E-state index in [1.165, 1.54) is 26.4 Å². The lowest BCUT2D eigenvalue weighted by molar-refractivity contribution is 0.101. The van der Waals surface area contributed by atoms with E-state index in [0.717, 1.165) is 6.26 Å². The lowest BCUT2D eigenvalue weighted by Crippen LogP contribution is -2.06. The Balaban J connectivity index is 1.97. The zero-order valence-electron chi connectivity index (χ0n) is 15.2. The van der Waals surface area contributed by atoms with Gasteiger partial charge in [-0.05, 0) is 42.3 Å². The molecule has 0 saturated heterocycles. The molecule has 2 aromatic carbocycles. The molecular formula is C19H18O7S. The number of aryl methyl sites for hydroxylation is 1. The van der Waals surface area contributed by atoms with E-state index >= 15 is 0 Å². The highest BCUT2D eigenvalue weighted by Crippen LogP contribution is 2.38. The molecule has 1 aliphatic rings. The Hall–Kier alpha value is -3.00. The second kappa shape index (κ2) is 6.96. The molecule has 0 atom stereocenters. The first-order valence-corrected chi connectivity index (χ1v) is 9.74. The topological polar surface area (TPSA) is 88.1 Å². The molecule has 0 fully saturated rings. The molecule has 0 N–H and O–H groups in total. The fourth-order valence-corrected chi connectivity index (χ4v) is 3.24. The van der Waals surface area contributed by atoms with Crippen LogP contribution >= 0.6 is 0 Å². The van der Waals surface area contributed by atoms with E-state index < -0.39 is 10.1 Å². The summed E-state index contributed by atoms with van der Waals surface area (Å²) in [6.45, 7) is 1.69. The molecule has 3 rings (SSSR count). The molecule has 1 heterocycles. The van der Waals surface area contributed by atoms with Gasteiger partial charge in [0.05, 0.1) is 26.0 Å². The largest absolute Gasteiger partial charge is 0.493 e. The molecule has 0 unspecified atom stereocenters. The molecule has 0 aromatic heterocycles. The molecule has 0 amide bonds. The van der Waals surface area contributed by atoms with Crippen molar-refractivity contribution in [3.8, 4) is 23.0 Å². The van der Waals surface area contributed by atoms with E-state index in [-0.39, 0.29) is 23.0 Å². The van der Waals surface area contributed by atoms with Gasteiger partial charge in [-0.25, -0.2) is 0 Å². The van der Waals surface area contributed by atoms with Crippen molar-refractivity contribution in [2.45, 2.75) is 6.92 Å². The third kappa shape index (κ3) is 3.90. The number of methoxy groups -OCH3 is 2.